The molecule has 0 unspecified atom stereocenters. The number of rotatable bonds is 9. The third kappa shape index (κ3) is 8.01. The molecule has 0 aliphatic heterocycles. The molecule has 0 rings (SSSR count). The van der Waals surface area contributed by atoms with Gasteiger partial charge in [-0.25, -0.2) is 0 Å². The van der Waals surface area contributed by atoms with Crippen molar-refractivity contribution in [2.45, 2.75) is 45.6 Å². The smallest absolute Gasteiger partial charge is 0.240 e. The molecule has 0 radical (unpaired) electrons. The van der Waals surface area contributed by atoms with Crippen LogP contribution in [0.4, 0.5) is 0 Å². The summed E-state index contributed by atoms with van der Waals surface area (Å²) in [5.74, 6) is -0.588. The molecule has 2 atom stereocenters. The minimum absolute atomic E-state index is 0.0306. The Kier molecular flexibility index (Phi) is 8.32. The zero-order valence-corrected chi connectivity index (χ0v) is 11.7. The number of aliphatic imine (C=N–C) groups is 1. The Labute approximate surface area is 114 Å². The molecule has 7 nitrogen and oxygen atoms in total. The summed E-state index contributed by atoms with van der Waals surface area (Å²) in [6.45, 7) is 4.33. The van der Waals surface area contributed by atoms with Crippen LogP contribution in [0.5, 0.6) is 0 Å². The SMILES string of the molecule is CC[C@H](C)[C@H](NC(=O)CCCCN=C(N)N)C(N)=O. The number of carbonyl (C=O) groups is 2. The molecular weight excluding hydrogens is 246 g/mol. The number of hydrogen-bond donors (Lipinski definition) is 4. The molecule has 19 heavy (non-hydrogen) atoms. The average Bonchev–Trinajstić information content (AvgIpc) is 2.33. The van der Waals surface area contributed by atoms with Crippen molar-refractivity contribution in [3.63, 3.8) is 0 Å². The van der Waals surface area contributed by atoms with Crippen LogP contribution >= 0.6 is 0 Å². The zero-order chi connectivity index (χ0) is 14.8. The molecule has 0 aromatic rings. The molecule has 7 N–H and O–H groups in total. The minimum Gasteiger partial charge on any atom is -0.370 e. The molecule has 0 saturated carbocycles. The second-order valence-electron chi connectivity index (χ2n) is 4.60. The first kappa shape index (κ1) is 17.2. The lowest BCUT2D eigenvalue weighted by molar-refractivity contribution is -0.128. The van der Waals surface area contributed by atoms with Gasteiger partial charge in [0.15, 0.2) is 5.96 Å². The minimum atomic E-state index is -0.602. The van der Waals surface area contributed by atoms with Crippen molar-refractivity contribution in [1.82, 2.24) is 5.32 Å². The molecule has 0 fully saturated rings. The molecule has 0 bridgehead atoms. The highest BCUT2D eigenvalue weighted by atomic mass is 16.2. The molecule has 0 aromatic carbocycles. The van der Waals surface area contributed by atoms with Gasteiger partial charge in [-0.3, -0.25) is 14.6 Å². The van der Waals surface area contributed by atoms with E-state index in [2.05, 4.69) is 10.3 Å². The van der Waals surface area contributed by atoms with E-state index in [0.29, 0.717) is 19.4 Å². The number of carbonyl (C=O) groups excluding carboxylic acids is 2. The van der Waals surface area contributed by atoms with E-state index in [-0.39, 0.29) is 17.8 Å². The lowest BCUT2D eigenvalue weighted by Crippen LogP contribution is -2.48. The quantitative estimate of drug-likeness (QED) is 0.254. The van der Waals surface area contributed by atoms with Crippen LogP contribution in [0.1, 0.15) is 39.5 Å². The number of amides is 2. The van der Waals surface area contributed by atoms with Gasteiger partial charge in [-0.2, -0.15) is 0 Å². The predicted molar refractivity (Wildman–Crippen MR) is 75.1 cm³/mol. The van der Waals surface area contributed by atoms with Crippen molar-refractivity contribution in [2.24, 2.45) is 28.1 Å². The van der Waals surface area contributed by atoms with Crippen molar-refractivity contribution in [1.29, 1.82) is 0 Å². The summed E-state index contributed by atoms with van der Waals surface area (Å²) in [6.07, 6.45) is 2.49. The number of unbranched alkanes of at least 4 members (excludes halogenated alkanes) is 1. The number of nitrogens with zero attached hydrogens (tertiary/aromatic N) is 1. The molecule has 0 aliphatic rings. The molecule has 0 heterocycles. The number of guanidine groups is 1. The Morgan fingerprint density at radius 3 is 2.32 bits per heavy atom. The molecule has 2 amide bonds. The van der Waals surface area contributed by atoms with E-state index in [0.717, 1.165) is 12.8 Å². The summed E-state index contributed by atoms with van der Waals surface area (Å²) < 4.78 is 0. The average molecular weight is 271 g/mol. The van der Waals surface area contributed by atoms with Crippen LogP contribution in [0.3, 0.4) is 0 Å². The monoisotopic (exact) mass is 271 g/mol. The first-order valence-electron chi connectivity index (χ1n) is 6.52. The largest absolute Gasteiger partial charge is 0.370 e. The Morgan fingerprint density at radius 2 is 1.84 bits per heavy atom. The number of hydrogen-bond acceptors (Lipinski definition) is 3. The van der Waals surface area contributed by atoms with Gasteiger partial charge in [0.1, 0.15) is 6.04 Å². The zero-order valence-electron chi connectivity index (χ0n) is 11.7. The highest BCUT2D eigenvalue weighted by Gasteiger charge is 2.22. The van der Waals surface area contributed by atoms with Crippen molar-refractivity contribution in [3.05, 3.63) is 0 Å². The van der Waals surface area contributed by atoms with Gasteiger partial charge in [0, 0.05) is 13.0 Å². The first-order valence-corrected chi connectivity index (χ1v) is 6.52. The molecule has 0 spiro atoms. The van der Waals surface area contributed by atoms with E-state index in [1.54, 1.807) is 0 Å². The normalized spacial score (nSPS) is 13.4. The van der Waals surface area contributed by atoms with Crippen molar-refractivity contribution in [2.75, 3.05) is 6.54 Å². The Balaban J connectivity index is 4.01. The summed E-state index contributed by atoms with van der Waals surface area (Å²) in [7, 11) is 0. The highest BCUT2D eigenvalue weighted by Crippen LogP contribution is 2.08. The van der Waals surface area contributed by atoms with E-state index < -0.39 is 11.9 Å². The topological polar surface area (TPSA) is 137 Å². The molecular formula is C12H25N5O2. The van der Waals surface area contributed by atoms with Gasteiger partial charge in [0.25, 0.3) is 0 Å². The number of nitrogens with one attached hydrogen (secondary N) is 1. The second kappa shape index (κ2) is 9.18. The van der Waals surface area contributed by atoms with Gasteiger partial charge in [0.05, 0.1) is 0 Å². The van der Waals surface area contributed by atoms with Crippen LogP contribution in [0.2, 0.25) is 0 Å². The summed E-state index contributed by atoms with van der Waals surface area (Å²) >= 11 is 0. The fourth-order valence-electron chi connectivity index (χ4n) is 1.58. The molecule has 110 valence electrons. The third-order valence-electron chi connectivity index (χ3n) is 2.94. The molecule has 0 aliphatic carbocycles. The third-order valence-corrected chi connectivity index (χ3v) is 2.94. The fourth-order valence-corrected chi connectivity index (χ4v) is 1.58. The van der Waals surface area contributed by atoms with E-state index in [1.165, 1.54) is 0 Å². The molecule has 0 aromatic heterocycles. The van der Waals surface area contributed by atoms with Gasteiger partial charge >= 0.3 is 0 Å². The van der Waals surface area contributed by atoms with Crippen molar-refractivity contribution >= 4 is 17.8 Å². The first-order chi connectivity index (χ1) is 8.88. The fraction of sp³-hybridized carbons (Fsp3) is 0.750. The van der Waals surface area contributed by atoms with E-state index in [9.17, 15) is 9.59 Å². The predicted octanol–water partition coefficient (Wildman–Crippen LogP) is -0.554. The number of primary amides is 1. The van der Waals surface area contributed by atoms with Gasteiger partial charge < -0.3 is 22.5 Å². The van der Waals surface area contributed by atoms with Crippen LogP contribution in [0, 0.1) is 5.92 Å². The van der Waals surface area contributed by atoms with Crippen LogP contribution < -0.4 is 22.5 Å². The maximum Gasteiger partial charge on any atom is 0.240 e. The lowest BCUT2D eigenvalue weighted by Gasteiger charge is -2.21. The summed E-state index contributed by atoms with van der Waals surface area (Å²) in [5.41, 5.74) is 15.6. The van der Waals surface area contributed by atoms with Crippen LogP contribution in [0.15, 0.2) is 4.99 Å². The maximum atomic E-state index is 11.7. The van der Waals surface area contributed by atoms with E-state index in [4.69, 9.17) is 17.2 Å². The molecule has 7 heteroatoms. The van der Waals surface area contributed by atoms with Crippen LogP contribution in [-0.2, 0) is 9.59 Å². The maximum absolute atomic E-state index is 11.7. The Bertz CT molecular complexity index is 326. The van der Waals surface area contributed by atoms with Gasteiger partial charge in [0.2, 0.25) is 11.8 Å². The Hall–Kier alpha value is -1.79. The summed E-state index contributed by atoms with van der Waals surface area (Å²) in [4.78, 5) is 26.7. The van der Waals surface area contributed by atoms with E-state index >= 15 is 0 Å². The van der Waals surface area contributed by atoms with Crippen molar-refractivity contribution < 1.29 is 9.59 Å². The standard InChI is InChI=1S/C12H25N5O2/c1-3-8(2)10(11(13)19)17-9(18)6-4-5-7-16-12(14)15/h8,10H,3-7H2,1-2H3,(H2,13,19)(H,17,18)(H4,14,15,16)/t8-,10-/m0/s1. The second-order valence-corrected chi connectivity index (χ2v) is 4.60. The van der Waals surface area contributed by atoms with E-state index in [1.807, 2.05) is 13.8 Å². The summed E-state index contributed by atoms with van der Waals surface area (Å²) in [5, 5.41) is 2.67. The molecule has 0 saturated heterocycles. The lowest BCUT2D eigenvalue weighted by atomic mass is 9.98. The number of nitrogens with two attached hydrogens (primary N) is 3. The van der Waals surface area contributed by atoms with Gasteiger partial charge in [-0.1, -0.05) is 20.3 Å². The summed E-state index contributed by atoms with van der Waals surface area (Å²) in [6, 6.07) is -0.602. The van der Waals surface area contributed by atoms with Gasteiger partial charge in [-0.05, 0) is 18.8 Å². The van der Waals surface area contributed by atoms with Crippen LogP contribution in [0.25, 0.3) is 0 Å². The highest BCUT2D eigenvalue weighted by molar-refractivity contribution is 5.86. The van der Waals surface area contributed by atoms with Gasteiger partial charge in [-0.15, -0.1) is 0 Å². The van der Waals surface area contributed by atoms with Crippen LogP contribution in [-0.4, -0.2) is 30.4 Å². The van der Waals surface area contributed by atoms with Crippen molar-refractivity contribution in [3.8, 4) is 0 Å². The Morgan fingerprint density at radius 1 is 1.21 bits per heavy atom.